The van der Waals surface area contributed by atoms with E-state index in [-0.39, 0.29) is 10.8 Å². The molecule has 7 heteroatoms. The molecule has 2 aliphatic carbocycles. The number of hydrogen-bond acceptors (Lipinski definition) is 2. The number of thiocarbonyl (C=S) groups is 1. The predicted octanol–water partition coefficient (Wildman–Crippen LogP) is 3.94. The first-order chi connectivity index (χ1) is 10.4. The second kappa shape index (κ2) is 5.72. The fourth-order valence-electron chi connectivity index (χ4n) is 2.72. The molecule has 1 aromatic rings. The zero-order valence-electron chi connectivity index (χ0n) is 11.5. The van der Waals surface area contributed by atoms with Crippen LogP contribution in [0.4, 0.5) is 18.9 Å². The molecule has 1 saturated carbocycles. The molecule has 0 aliphatic heterocycles. The number of hydrogen-bond donors (Lipinski definition) is 2. The van der Waals surface area contributed by atoms with Gasteiger partial charge in [0.2, 0.25) is 0 Å². The zero-order valence-corrected chi connectivity index (χ0v) is 12.3. The van der Waals surface area contributed by atoms with Gasteiger partial charge < -0.3 is 5.32 Å². The molecule has 116 valence electrons. The Labute approximate surface area is 131 Å². The number of benzene rings is 1. The van der Waals surface area contributed by atoms with Crippen LogP contribution in [-0.4, -0.2) is 10.8 Å². The smallest absolute Gasteiger partial charge is 0.331 e. The molecule has 0 aromatic heterocycles. The maximum absolute atomic E-state index is 12.6. The van der Waals surface area contributed by atoms with Gasteiger partial charge in [0.15, 0.2) is 5.11 Å². The predicted molar refractivity (Wildman–Crippen MR) is 83.6 cm³/mol. The van der Waals surface area contributed by atoms with Crippen molar-refractivity contribution in [3.63, 3.8) is 0 Å². The van der Waals surface area contributed by atoms with E-state index in [0.717, 1.165) is 30.7 Å². The Morgan fingerprint density at radius 1 is 1.32 bits per heavy atom. The van der Waals surface area contributed by atoms with Crippen LogP contribution in [-0.2, 0) is 6.18 Å². The Balaban J connectivity index is 1.57. The van der Waals surface area contributed by atoms with Gasteiger partial charge in [-0.15, -0.1) is 0 Å². The number of fused-ring (bicyclic) bond motifs is 1. The van der Waals surface area contributed by atoms with Crippen LogP contribution in [0.25, 0.3) is 0 Å². The lowest BCUT2D eigenvalue weighted by Crippen LogP contribution is -2.36. The van der Waals surface area contributed by atoms with E-state index in [9.17, 15) is 13.2 Å². The summed E-state index contributed by atoms with van der Waals surface area (Å²) in [5, 5.41) is 7.14. The number of allylic oxidation sites excluding steroid dienone is 2. The van der Waals surface area contributed by atoms with Gasteiger partial charge in [0, 0.05) is 17.3 Å². The van der Waals surface area contributed by atoms with E-state index in [2.05, 4.69) is 28.0 Å². The van der Waals surface area contributed by atoms with Gasteiger partial charge in [0.1, 0.15) is 0 Å². The van der Waals surface area contributed by atoms with E-state index < -0.39 is 11.7 Å². The summed E-state index contributed by atoms with van der Waals surface area (Å²) in [6.07, 6.45) is 1.89. The number of anilines is 1. The fraction of sp³-hybridized carbons (Fsp3) is 0.333. The van der Waals surface area contributed by atoms with Gasteiger partial charge >= 0.3 is 6.18 Å². The topological polar surface area (TPSA) is 36.4 Å². The normalized spacial score (nSPS) is 24.8. The van der Waals surface area contributed by atoms with E-state index in [1.165, 1.54) is 12.1 Å². The lowest BCUT2D eigenvalue weighted by molar-refractivity contribution is -0.137. The second-order valence-electron chi connectivity index (χ2n) is 5.39. The molecule has 0 radical (unpaired) electrons. The Hall–Kier alpha value is -1.89. The third-order valence-electron chi connectivity index (χ3n) is 3.91. The Morgan fingerprint density at radius 3 is 2.86 bits per heavy atom. The molecular formula is C15H14F3N3S. The average molecular weight is 325 g/mol. The molecule has 1 fully saturated rings. The van der Waals surface area contributed by atoms with Crippen LogP contribution in [0.1, 0.15) is 18.4 Å². The molecule has 2 atom stereocenters. The highest BCUT2D eigenvalue weighted by Gasteiger charge is 2.37. The van der Waals surface area contributed by atoms with Crippen molar-refractivity contribution in [2.24, 2.45) is 16.9 Å². The van der Waals surface area contributed by atoms with Crippen molar-refractivity contribution in [1.29, 1.82) is 0 Å². The SMILES string of the molecule is FC(F)(F)c1cccc(NC(=S)N/N=C2\CC3C=CCC23)c1. The monoisotopic (exact) mass is 325 g/mol. The largest absolute Gasteiger partial charge is 0.416 e. The number of hydrazone groups is 1. The lowest BCUT2D eigenvalue weighted by Gasteiger charge is -2.31. The minimum Gasteiger partial charge on any atom is -0.331 e. The van der Waals surface area contributed by atoms with Crippen LogP contribution in [0, 0.1) is 11.8 Å². The van der Waals surface area contributed by atoms with Crippen molar-refractivity contribution in [2.75, 3.05) is 5.32 Å². The van der Waals surface area contributed by atoms with Gasteiger partial charge in [-0.1, -0.05) is 18.2 Å². The molecule has 0 amide bonds. The van der Waals surface area contributed by atoms with Crippen molar-refractivity contribution < 1.29 is 13.2 Å². The average Bonchev–Trinajstić information content (AvgIpc) is 2.80. The molecule has 22 heavy (non-hydrogen) atoms. The van der Waals surface area contributed by atoms with E-state index >= 15 is 0 Å². The first-order valence-electron chi connectivity index (χ1n) is 6.91. The molecule has 3 rings (SSSR count). The van der Waals surface area contributed by atoms with Gasteiger partial charge in [-0.2, -0.15) is 18.3 Å². The van der Waals surface area contributed by atoms with E-state index in [0.29, 0.717) is 11.8 Å². The maximum atomic E-state index is 12.6. The minimum absolute atomic E-state index is 0.182. The lowest BCUT2D eigenvalue weighted by atomic mass is 9.74. The van der Waals surface area contributed by atoms with Crippen molar-refractivity contribution >= 4 is 28.7 Å². The summed E-state index contributed by atoms with van der Waals surface area (Å²) in [4.78, 5) is 0. The van der Waals surface area contributed by atoms with Crippen LogP contribution < -0.4 is 10.7 Å². The Kier molecular flexibility index (Phi) is 3.90. The summed E-state index contributed by atoms with van der Waals surface area (Å²) in [6.45, 7) is 0. The number of nitrogens with zero attached hydrogens (tertiary/aromatic N) is 1. The van der Waals surface area contributed by atoms with Gasteiger partial charge in [0.05, 0.1) is 5.56 Å². The molecule has 0 spiro atoms. The van der Waals surface area contributed by atoms with E-state index in [1.807, 2.05) is 0 Å². The summed E-state index contributed by atoms with van der Waals surface area (Å²) < 4.78 is 37.9. The quantitative estimate of drug-likeness (QED) is 0.491. The fourth-order valence-corrected chi connectivity index (χ4v) is 2.88. The van der Waals surface area contributed by atoms with Gasteiger partial charge in [-0.3, -0.25) is 5.43 Å². The van der Waals surface area contributed by atoms with Crippen molar-refractivity contribution in [2.45, 2.75) is 19.0 Å². The Morgan fingerprint density at radius 2 is 2.14 bits per heavy atom. The Bertz CT molecular complexity index is 652. The second-order valence-corrected chi connectivity index (χ2v) is 5.79. The van der Waals surface area contributed by atoms with E-state index in [4.69, 9.17) is 12.2 Å². The molecule has 0 saturated heterocycles. The maximum Gasteiger partial charge on any atom is 0.416 e. The highest BCUT2D eigenvalue weighted by Crippen LogP contribution is 2.40. The van der Waals surface area contributed by atoms with Crippen LogP contribution in [0.15, 0.2) is 41.5 Å². The van der Waals surface area contributed by atoms with Gasteiger partial charge in [0.25, 0.3) is 0 Å². The highest BCUT2D eigenvalue weighted by molar-refractivity contribution is 7.80. The number of halogens is 3. The summed E-state index contributed by atoms with van der Waals surface area (Å²) >= 11 is 5.06. The molecule has 0 bridgehead atoms. The summed E-state index contributed by atoms with van der Waals surface area (Å²) in [5.74, 6) is 1.05. The molecular weight excluding hydrogens is 311 g/mol. The van der Waals surface area contributed by atoms with Crippen molar-refractivity contribution in [3.05, 3.63) is 42.0 Å². The van der Waals surface area contributed by atoms with Gasteiger partial charge in [-0.25, -0.2) is 0 Å². The van der Waals surface area contributed by atoms with Crippen LogP contribution in [0.2, 0.25) is 0 Å². The molecule has 2 aliphatic rings. The number of rotatable bonds is 2. The molecule has 1 aromatic carbocycles. The van der Waals surface area contributed by atoms with Crippen LogP contribution in [0.5, 0.6) is 0 Å². The zero-order chi connectivity index (χ0) is 15.7. The van der Waals surface area contributed by atoms with E-state index in [1.54, 1.807) is 0 Å². The molecule has 2 unspecified atom stereocenters. The highest BCUT2D eigenvalue weighted by atomic mass is 32.1. The first kappa shape index (κ1) is 15.0. The van der Waals surface area contributed by atoms with Crippen LogP contribution >= 0.6 is 12.2 Å². The third kappa shape index (κ3) is 3.14. The molecule has 0 heterocycles. The number of nitrogens with one attached hydrogen (secondary N) is 2. The molecule has 3 nitrogen and oxygen atoms in total. The third-order valence-corrected chi connectivity index (χ3v) is 4.11. The first-order valence-corrected chi connectivity index (χ1v) is 7.31. The summed E-state index contributed by atoms with van der Waals surface area (Å²) in [6, 6.07) is 4.89. The van der Waals surface area contributed by atoms with Crippen molar-refractivity contribution in [3.8, 4) is 0 Å². The number of alkyl halides is 3. The van der Waals surface area contributed by atoms with Crippen LogP contribution in [0.3, 0.4) is 0 Å². The van der Waals surface area contributed by atoms with Gasteiger partial charge in [-0.05, 0) is 49.2 Å². The summed E-state index contributed by atoms with van der Waals surface area (Å²) in [7, 11) is 0. The minimum atomic E-state index is -4.37. The summed E-state index contributed by atoms with van der Waals surface area (Å²) in [5.41, 5.74) is 3.32. The molecule has 2 N–H and O–H groups in total. The standard InChI is InChI=1S/C15H14F3N3S/c16-15(17,18)10-4-2-5-11(8-10)19-14(22)21-20-13-7-9-3-1-6-12(9)13/h1-5,8-9,12H,6-7H2,(H2,19,21,22)/b20-13+. The van der Waals surface area contributed by atoms with Crippen molar-refractivity contribution in [1.82, 2.24) is 5.43 Å².